The second-order valence-electron chi connectivity index (χ2n) is 9.30. The molecule has 2 saturated carbocycles. The van der Waals surface area contributed by atoms with Crippen molar-refractivity contribution in [1.82, 2.24) is 0 Å². The predicted octanol–water partition coefficient (Wildman–Crippen LogP) is 7.65. The van der Waals surface area contributed by atoms with Gasteiger partial charge >= 0.3 is 0 Å². The Kier molecular flexibility index (Phi) is 4.76. The fourth-order valence-electron chi connectivity index (χ4n) is 6.16. The summed E-state index contributed by atoms with van der Waals surface area (Å²) in [5, 5.41) is 0. The summed E-state index contributed by atoms with van der Waals surface area (Å²) in [4.78, 5) is 0. The van der Waals surface area contributed by atoms with Crippen molar-refractivity contribution in [3.05, 3.63) is 70.7 Å². The predicted molar refractivity (Wildman–Crippen MR) is 116 cm³/mol. The van der Waals surface area contributed by atoms with Crippen LogP contribution in [0.4, 0.5) is 0 Å². The summed E-state index contributed by atoms with van der Waals surface area (Å²) < 4.78 is 0. The van der Waals surface area contributed by atoms with Crippen LogP contribution in [0, 0.1) is 12.8 Å². The summed E-state index contributed by atoms with van der Waals surface area (Å²) in [5.74, 6) is 2.07. The monoisotopic (exact) mass is 357 g/mol. The fraction of sp³-hybridized carbons (Fsp3) is 0.519. The van der Waals surface area contributed by atoms with Gasteiger partial charge in [0.25, 0.3) is 0 Å². The van der Waals surface area contributed by atoms with Crippen molar-refractivity contribution < 1.29 is 0 Å². The molecule has 142 valence electrons. The Morgan fingerprint density at radius 3 is 2.26 bits per heavy atom. The molecule has 0 amide bonds. The Bertz CT molecular complexity index is 792. The minimum atomic E-state index is 0.580. The zero-order chi connectivity index (χ0) is 18.2. The number of allylic oxidation sites excluding steroid dienone is 5. The lowest BCUT2D eigenvalue weighted by atomic mass is 9.71. The van der Waals surface area contributed by atoms with Gasteiger partial charge in [-0.2, -0.15) is 12.5 Å². The molecule has 1 aromatic carbocycles. The van der Waals surface area contributed by atoms with Crippen molar-refractivity contribution in [2.24, 2.45) is 5.92 Å². The van der Waals surface area contributed by atoms with Crippen LogP contribution in [0.15, 0.2) is 35.9 Å². The Labute approximate surface area is 165 Å². The maximum absolute atomic E-state index is 4.72. The summed E-state index contributed by atoms with van der Waals surface area (Å²) in [5.41, 5.74) is 9.34. The summed E-state index contributed by atoms with van der Waals surface area (Å²) in [6.45, 7) is 4.72. The Balaban J connectivity index is 1.64. The first-order valence-corrected chi connectivity index (χ1v) is 11.4. The highest BCUT2D eigenvalue weighted by Crippen LogP contribution is 2.45. The number of benzene rings is 1. The van der Waals surface area contributed by atoms with Gasteiger partial charge in [-0.15, -0.1) is 17.2 Å². The van der Waals surface area contributed by atoms with Gasteiger partial charge in [0.05, 0.1) is 0 Å². The Hall–Kier alpha value is -1.69. The zero-order valence-corrected chi connectivity index (χ0v) is 16.7. The molecule has 1 aromatic rings. The van der Waals surface area contributed by atoms with Crippen molar-refractivity contribution in [2.75, 3.05) is 0 Å². The summed E-state index contributed by atoms with van der Waals surface area (Å²) in [6.07, 6.45) is 26.8. The van der Waals surface area contributed by atoms with Crippen molar-refractivity contribution in [2.45, 2.75) is 82.5 Å². The largest absolute Gasteiger partial charge is 0.198 e. The number of hydrogen-bond acceptors (Lipinski definition) is 0. The molecule has 0 aliphatic heterocycles. The number of fused-ring (bicyclic) bond motifs is 2. The SMILES string of the molecule is [CH2-]c1c(C2CCCCC2)cc2c(c1C1CCCCC1)C=C1C=CC=CC1C2. The molecular formula is C27H33-. The molecular weight excluding hydrogens is 324 g/mol. The molecule has 1 unspecified atom stereocenters. The van der Waals surface area contributed by atoms with E-state index < -0.39 is 0 Å². The van der Waals surface area contributed by atoms with Crippen molar-refractivity contribution in [3.8, 4) is 0 Å². The molecule has 0 nitrogen and oxygen atoms in total. The van der Waals surface area contributed by atoms with Gasteiger partial charge in [-0.3, -0.25) is 0 Å². The van der Waals surface area contributed by atoms with Crippen LogP contribution in [0.25, 0.3) is 6.08 Å². The second-order valence-corrected chi connectivity index (χ2v) is 9.30. The fourth-order valence-corrected chi connectivity index (χ4v) is 6.16. The molecule has 4 aliphatic rings. The van der Waals surface area contributed by atoms with Gasteiger partial charge in [-0.25, -0.2) is 0 Å². The molecule has 4 aliphatic carbocycles. The van der Waals surface area contributed by atoms with Crippen molar-refractivity contribution >= 4 is 6.08 Å². The lowest BCUT2D eigenvalue weighted by Crippen LogP contribution is -2.19. The van der Waals surface area contributed by atoms with Crippen molar-refractivity contribution in [1.29, 1.82) is 0 Å². The molecule has 0 heteroatoms. The van der Waals surface area contributed by atoms with Crippen LogP contribution in [-0.2, 0) is 6.42 Å². The van der Waals surface area contributed by atoms with E-state index in [1.807, 2.05) is 0 Å². The third-order valence-electron chi connectivity index (χ3n) is 7.62. The maximum Gasteiger partial charge on any atom is 0.00607 e. The molecule has 1 atom stereocenters. The molecule has 0 spiro atoms. The quantitative estimate of drug-likeness (QED) is 0.477. The molecule has 0 bridgehead atoms. The highest BCUT2D eigenvalue weighted by Gasteiger charge is 2.25. The van der Waals surface area contributed by atoms with Crippen molar-refractivity contribution in [3.63, 3.8) is 0 Å². The summed E-state index contributed by atoms with van der Waals surface area (Å²) >= 11 is 0. The topological polar surface area (TPSA) is 0 Å². The van der Waals surface area contributed by atoms with E-state index >= 15 is 0 Å². The molecule has 0 heterocycles. The standard InChI is InChI=1S/C27H33/c1-19-25(20-10-4-2-5-11-20)18-24-16-22-14-8-9-15-23(22)17-26(24)27(19)21-12-6-3-7-13-21/h8-9,14-15,17-18,20-22H,1-7,10-13,16H2/q-1. The van der Waals surface area contributed by atoms with Crippen LogP contribution in [-0.4, -0.2) is 0 Å². The van der Waals surface area contributed by atoms with E-state index in [9.17, 15) is 0 Å². The van der Waals surface area contributed by atoms with Gasteiger partial charge < -0.3 is 0 Å². The minimum absolute atomic E-state index is 0.580. The molecule has 27 heavy (non-hydrogen) atoms. The molecule has 0 radical (unpaired) electrons. The average Bonchev–Trinajstić information content (AvgIpc) is 2.73. The van der Waals surface area contributed by atoms with Gasteiger partial charge in [-0.05, 0) is 12.0 Å². The van der Waals surface area contributed by atoms with Gasteiger partial charge in [0.2, 0.25) is 0 Å². The van der Waals surface area contributed by atoms with Crippen LogP contribution in [0.1, 0.15) is 104 Å². The van der Waals surface area contributed by atoms with Gasteiger partial charge in [0.1, 0.15) is 0 Å². The lowest BCUT2D eigenvalue weighted by Gasteiger charge is -2.39. The van der Waals surface area contributed by atoms with Crippen LogP contribution in [0.3, 0.4) is 0 Å². The normalized spacial score (nSPS) is 25.8. The van der Waals surface area contributed by atoms with Crippen LogP contribution < -0.4 is 0 Å². The van der Waals surface area contributed by atoms with Gasteiger partial charge in [-0.1, -0.05) is 118 Å². The van der Waals surface area contributed by atoms with E-state index in [0.29, 0.717) is 5.92 Å². The highest BCUT2D eigenvalue weighted by molar-refractivity contribution is 5.71. The zero-order valence-electron chi connectivity index (χ0n) is 16.7. The van der Waals surface area contributed by atoms with Crippen LogP contribution in [0.2, 0.25) is 0 Å². The highest BCUT2D eigenvalue weighted by atomic mass is 14.3. The van der Waals surface area contributed by atoms with Gasteiger partial charge in [0, 0.05) is 5.92 Å². The van der Waals surface area contributed by atoms with Gasteiger partial charge in [0.15, 0.2) is 0 Å². The molecule has 0 N–H and O–H groups in total. The van der Waals surface area contributed by atoms with E-state index in [2.05, 4.69) is 36.4 Å². The van der Waals surface area contributed by atoms with E-state index in [0.717, 1.165) is 11.8 Å². The molecule has 2 fully saturated rings. The Morgan fingerprint density at radius 1 is 0.815 bits per heavy atom. The third kappa shape index (κ3) is 3.22. The first-order chi connectivity index (χ1) is 13.3. The number of rotatable bonds is 2. The first-order valence-electron chi connectivity index (χ1n) is 11.4. The average molecular weight is 358 g/mol. The minimum Gasteiger partial charge on any atom is -0.198 e. The van der Waals surface area contributed by atoms with E-state index in [-0.39, 0.29) is 0 Å². The smallest absolute Gasteiger partial charge is 0.00607 e. The summed E-state index contributed by atoms with van der Waals surface area (Å²) in [7, 11) is 0. The lowest BCUT2D eigenvalue weighted by molar-refractivity contribution is 0.433. The summed E-state index contributed by atoms with van der Waals surface area (Å²) in [6, 6.07) is 2.58. The maximum atomic E-state index is 4.72. The third-order valence-corrected chi connectivity index (χ3v) is 7.62. The van der Waals surface area contributed by atoms with Crippen LogP contribution >= 0.6 is 0 Å². The second kappa shape index (κ2) is 7.38. The molecule has 0 aromatic heterocycles. The first kappa shape index (κ1) is 17.4. The van der Waals surface area contributed by atoms with E-state index in [4.69, 9.17) is 6.92 Å². The number of hydrogen-bond donors (Lipinski definition) is 0. The molecule has 0 saturated heterocycles. The van der Waals surface area contributed by atoms with Crippen LogP contribution in [0.5, 0.6) is 0 Å². The molecule has 5 rings (SSSR count). The van der Waals surface area contributed by atoms with E-state index in [1.165, 1.54) is 81.8 Å². The Morgan fingerprint density at radius 2 is 1.52 bits per heavy atom. The van der Waals surface area contributed by atoms with E-state index in [1.54, 1.807) is 22.3 Å².